The molecule has 0 bridgehead atoms. The summed E-state index contributed by atoms with van der Waals surface area (Å²) < 4.78 is 13.6. The molecule has 0 aromatic heterocycles. The van der Waals surface area contributed by atoms with Gasteiger partial charge in [-0.25, -0.2) is 4.39 Å². The fourth-order valence-corrected chi connectivity index (χ4v) is 2.62. The molecule has 0 N–H and O–H groups in total. The first-order valence-electron chi connectivity index (χ1n) is 6.60. The van der Waals surface area contributed by atoms with Crippen LogP contribution in [0.3, 0.4) is 0 Å². The molecule has 20 heavy (non-hydrogen) atoms. The van der Waals surface area contributed by atoms with Crippen LogP contribution in [0, 0.1) is 5.92 Å². The summed E-state index contributed by atoms with van der Waals surface area (Å²) in [7, 11) is 0. The van der Waals surface area contributed by atoms with Crippen LogP contribution in [0.4, 0.5) is 4.39 Å². The zero-order valence-corrected chi connectivity index (χ0v) is 11.5. The Balaban J connectivity index is 2.25. The van der Waals surface area contributed by atoms with E-state index in [2.05, 4.69) is 10.0 Å². The average molecular weight is 276 g/mol. The number of amides is 1. The zero-order valence-electron chi connectivity index (χ0n) is 11.5. The van der Waals surface area contributed by atoms with Crippen molar-refractivity contribution in [2.45, 2.75) is 32.1 Å². The summed E-state index contributed by atoms with van der Waals surface area (Å²) in [5, 5.41) is 3.48. The molecular formula is C14H17FN4O. The summed E-state index contributed by atoms with van der Waals surface area (Å²) in [6, 6.07) is 8.44. The van der Waals surface area contributed by atoms with Crippen molar-refractivity contribution in [1.29, 1.82) is 0 Å². The number of azide groups is 1. The minimum atomic E-state index is -1.19. The van der Waals surface area contributed by atoms with E-state index in [9.17, 15) is 9.18 Å². The van der Waals surface area contributed by atoms with E-state index >= 15 is 0 Å². The molecule has 1 heterocycles. The first-order valence-corrected chi connectivity index (χ1v) is 6.60. The van der Waals surface area contributed by atoms with Gasteiger partial charge in [-0.1, -0.05) is 35.4 Å². The van der Waals surface area contributed by atoms with Crippen molar-refractivity contribution in [2.75, 3.05) is 6.54 Å². The summed E-state index contributed by atoms with van der Waals surface area (Å²) in [4.78, 5) is 16.6. The Kier molecular flexibility index (Phi) is 4.25. The Morgan fingerprint density at radius 1 is 1.40 bits per heavy atom. The molecular weight excluding hydrogens is 259 g/mol. The predicted octanol–water partition coefficient (Wildman–Crippen LogP) is 3.24. The Morgan fingerprint density at radius 3 is 2.60 bits per heavy atom. The van der Waals surface area contributed by atoms with Gasteiger partial charge in [0.1, 0.15) is 12.2 Å². The van der Waals surface area contributed by atoms with Gasteiger partial charge in [-0.15, -0.1) is 0 Å². The number of halogens is 1. The maximum Gasteiger partial charge on any atom is 0.232 e. The van der Waals surface area contributed by atoms with E-state index in [4.69, 9.17) is 5.53 Å². The topological polar surface area (TPSA) is 69.1 Å². The number of carbonyl (C=O) groups excluding carboxylic acids is 1. The fourth-order valence-electron chi connectivity index (χ4n) is 2.62. The van der Waals surface area contributed by atoms with Gasteiger partial charge in [0.15, 0.2) is 0 Å². The Labute approximate surface area is 117 Å². The van der Waals surface area contributed by atoms with Crippen molar-refractivity contribution in [1.82, 2.24) is 4.90 Å². The molecule has 1 fully saturated rings. The van der Waals surface area contributed by atoms with Crippen molar-refractivity contribution in [2.24, 2.45) is 11.0 Å². The van der Waals surface area contributed by atoms with Crippen molar-refractivity contribution in [3.8, 4) is 0 Å². The van der Waals surface area contributed by atoms with Gasteiger partial charge in [0.25, 0.3) is 0 Å². The number of alkyl halides is 1. The Morgan fingerprint density at radius 2 is 2.05 bits per heavy atom. The molecule has 106 valence electrons. The lowest BCUT2D eigenvalue weighted by Gasteiger charge is -2.25. The molecule has 5 nitrogen and oxygen atoms in total. The van der Waals surface area contributed by atoms with E-state index in [1.807, 2.05) is 37.3 Å². The van der Waals surface area contributed by atoms with Crippen molar-refractivity contribution in [3.63, 3.8) is 0 Å². The van der Waals surface area contributed by atoms with Crippen LogP contribution in [0.15, 0.2) is 35.4 Å². The molecule has 1 amide bonds. The van der Waals surface area contributed by atoms with E-state index in [1.165, 1.54) is 6.92 Å². The van der Waals surface area contributed by atoms with Crippen LogP contribution in [-0.4, -0.2) is 29.6 Å². The molecule has 1 aromatic rings. The van der Waals surface area contributed by atoms with Crippen LogP contribution in [0.1, 0.15) is 25.5 Å². The minimum Gasteiger partial charge on any atom is -0.335 e. The molecule has 1 saturated heterocycles. The standard InChI is InChI=1S/C14H17FN4O/c1-9(15)12-8-19(14(20)13(12)17-18-16)10(2)11-6-4-3-5-7-11/h3-7,9-10,12-13H,8H2,1-2H3/t9?,10-,12?,13?/m1/s1. The third-order valence-electron chi connectivity index (χ3n) is 3.86. The van der Waals surface area contributed by atoms with Crippen molar-refractivity contribution >= 4 is 5.91 Å². The average Bonchev–Trinajstić information content (AvgIpc) is 2.77. The summed E-state index contributed by atoms with van der Waals surface area (Å²) in [5.74, 6) is -0.877. The van der Waals surface area contributed by atoms with Gasteiger partial charge >= 0.3 is 0 Å². The summed E-state index contributed by atoms with van der Waals surface area (Å²) in [5.41, 5.74) is 9.53. The minimum absolute atomic E-state index is 0.163. The highest BCUT2D eigenvalue weighted by Crippen LogP contribution is 2.32. The quantitative estimate of drug-likeness (QED) is 0.473. The molecule has 4 atom stereocenters. The van der Waals surface area contributed by atoms with Crippen LogP contribution >= 0.6 is 0 Å². The molecule has 0 aliphatic carbocycles. The Bertz CT molecular complexity index is 527. The van der Waals surface area contributed by atoms with E-state index in [1.54, 1.807) is 4.90 Å². The third-order valence-corrected chi connectivity index (χ3v) is 3.86. The highest BCUT2D eigenvalue weighted by Gasteiger charge is 2.44. The highest BCUT2D eigenvalue weighted by atomic mass is 19.1. The van der Waals surface area contributed by atoms with Gasteiger partial charge in [0.05, 0.1) is 6.04 Å². The number of nitrogens with zero attached hydrogens (tertiary/aromatic N) is 4. The van der Waals surface area contributed by atoms with Crippen molar-refractivity contribution in [3.05, 3.63) is 46.3 Å². The second-order valence-electron chi connectivity index (χ2n) is 5.07. The van der Waals surface area contributed by atoms with Crippen LogP contribution < -0.4 is 0 Å². The molecule has 6 heteroatoms. The van der Waals surface area contributed by atoms with Gasteiger partial charge in [-0.05, 0) is 24.9 Å². The monoisotopic (exact) mass is 276 g/mol. The van der Waals surface area contributed by atoms with Crippen LogP contribution in [-0.2, 0) is 4.79 Å². The predicted molar refractivity (Wildman–Crippen MR) is 73.6 cm³/mol. The zero-order chi connectivity index (χ0) is 14.7. The molecule has 2 rings (SSSR count). The number of benzene rings is 1. The number of likely N-dealkylation sites (tertiary alicyclic amines) is 1. The summed E-state index contributed by atoms with van der Waals surface area (Å²) in [6.07, 6.45) is -1.19. The second kappa shape index (κ2) is 5.92. The summed E-state index contributed by atoms with van der Waals surface area (Å²) in [6.45, 7) is 3.57. The molecule has 0 radical (unpaired) electrons. The first-order chi connectivity index (χ1) is 9.56. The largest absolute Gasteiger partial charge is 0.335 e. The van der Waals surface area contributed by atoms with E-state index in [0.29, 0.717) is 0 Å². The second-order valence-corrected chi connectivity index (χ2v) is 5.07. The van der Waals surface area contributed by atoms with Gasteiger partial charge in [-0.2, -0.15) is 0 Å². The SMILES string of the molecule is CC(F)C1CN([C@H](C)c2ccccc2)C(=O)C1N=[N+]=[N-]. The maximum atomic E-state index is 13.6. The molecule has 0 saturated carbocycles. The number of hydrogen-bond donors (Lipinski definition) is 0. The number of carbonyl (C=O) groups is 1. The molecule has 1 aliphatic rings. The Hall–Kier alpha value is -2.07. The third kappa shape index (κ3) is 2.60. The van der Waals surface area contributed by atoms with Crippen LogP contribution in [0.5, 0.6) is 0 Å². The molecule has 3 unspecified atom stereocenters. The van der Waals surface area contributed by atoms with Gasteiger partial charge in [0.2, 0.25) is 5.91 Å². The summed E-state index contributed by atoms with van der Waals surface area (Å²) >= 11 is 0. The van der Waals surface area contributed by atoms with Gasteiger partial charge in [-0.3, -0.25) is 4.79 Å². The van der Waals surface area contributed by atoms with Crippen LogP contribution in [0.25, 0.3) is 10.4 Å². The van der Waals surface area contributed by atoms with Gasteiger partial charge in [0, 0.05) is 17.4 Å². The molecule has 0 spiro atoms. The van der Waals surface area contributed by atoms with E-state index < -0.39 is 18.1 Å². The molecule has 1 aromatic carbocycles. The lowest BCUT2D eigenvalue weighted by molar-refractivity contribution is -0.130. The normalized spacial score (nSPS) is 25.1. The lowest BCUT2D eigenvalue weighted by atomic mass is 10.00. The first kappa shape index (κ1) is 14.3. The van der Waals surface area contributed by atoms with Crippen LogP contribution in [0.2, 0.25) is 0 Å². The van der Waals surface area contributed by atoms with Gasteiger partial charge < -0.3 is 4.90 Å². The smallest absolute Gasteiger partial charge is 0.232 e. The number of rotatable bonds is 4. The molecule has 1 aliphatic heterocycles. The maximum absolute atomic E-state index is 13.6. The van der Waals surface area contributed by atoms with E-state index in [-0.39, 0.29) is 18.5 Å². The van der Waals surface area contributed by atoms with Crippen molar-refractivity contribution < 1.29 is 9.18 Å². The number of hydrogen-bond acceptors (Lipinski definition) is 2. The lowest BCUT2D eigenvalue weighted by Crippen LogP contribution is -2.31. The fraction of sp³-hybridized carbons (Fsp3) is 0.500. The highest BCUT2D eigenvalue weighted by molar-refractivity contribution is 5.85. The van der Waals surface area contributed by atoms with E-state index in [0.717, 1.165) is 5.56 Å².